The molecule has 0 bridgehead atoms. The predicted octanol–water partition coefficient (Wildman–Crippen LogP) is 5.00. The second-order valence-corrected chi connectivity index (χ2v) is 8.34. The zero-order chi connectivity index (χ0) is 23.0. The molecular weight excluding hydrogens is 412 g/mol. The third kappa shape index (κ3) is 5.77. The summed E-state index contributed by atoms with van der Waals surface area (Å²) in [6.45, 7) is 6.23. The fourth-order valence-electron chi connectivity index (χ4n) is 3.82. The normalized spacial score (nSPS) is 11.1. The zero-order valence-corrected chi connectivity index (χ0v) is 19.2. The highest BCUT2D eigenvalue weighted by Crippen LogP contribution is 2.20. The highest BCUT2D eigenvalue weighted by molar-refractivity contribution is 5.93. The third-order valence-corrected chi connectivity index (χ3v) is 5.65. The number of amides is 1. The van der Waals surface area contributed by atoms with Gasteiger partial charge in [0.15, 0.2) is 0 Å². The minimum atomic E-state index is -0.103. The van der Waals surface area contributed by atoms with E-state index in [0.717, 1.165) is 35.4 Å². The topological polar surface area (TPSA) is 69.0 Å². The van der Waals surface area contributed by atoms with Crippen LogP contribution in [0, 0.1) is 0 Å². The number of ether oxygens (including phenoxy) is 1. The van der Waals surface area contributed by atoms with Gasteiger partial charge in [0.1, 0.15) is 18.2 Å². The minimum Gasteiger partial charge on any atom is -0.492 e. The minimum absolute atomic E-state index is 0.103. The van der Waals surface area contributed by atoms with Crippen LogP contribution in [0.1, 0.15) is 47.9 Å². The Labute approximate surface area is 194 Å². The van der Waals surface area contributed by atoms with Crippen LogP contribution < -0.4 is 10.1 Å². The van der Waals surface area contributed by atoms with Crippen LogP contribution in [0.5, 0.6) is 5.75 Å². The molecule has 0 fully saturated rings. The Morgan fingerprint density at radius 1 is 1.06 bits per heavy atom. The van der Waals surface area contributed by atoms with Gasteiger partial charge in [-0.15, -0.1) is 0 Å². The molecule has 4 rings (SSSR count). The Bertz CT molecular complexity index is 1180. The van der Waals surface area contributed by atoms with Crippen molar-refractivity contribution in [2.75, 3.05) is 13.2 Å². The van der Waals surface area contributed by atoms with Crippen molar-refractivity contribution >= 4 is 16.9 Å². The number of benzene rings is 2. The summed E-state index contributed by atoms with van der Waals surface area (Å²) < 4.78 is 8.24. The van der Waals surface area contributed by atoms with Gasteiger partial charge in [-0.25, -0.2) is 4.98 Å². The first-order valence-electron chi connectivity index (χ1n) is 11.5. The number of aromatic nitrogens is 3. The number of imidazole rings is 1. The van der Waals surface area contributed by atoms with E-state index in [2.05, 4.69) is 46.9 Å². The van der Waals surface area contributed by atoms with Gasteiger partial charge in [-0.3, -0.25) is 9.78 Å². The summed E-state index contributed by atoms with van der Waals surface area (Å²) in [5.41, 5.74) is 3.96. The van der Waals surface area contributed by atoms with Crippen molar-refractivity contribution in [3.8, 4) is 5.75 Å². The lowest BCUT2D eigenvalue weighted by atomic mass is 10.0. The molecule has 2 aromatic carbocycles. The number of carbonyl (C=O) groups excluding carboxylic acids is 1. The Balaban J connectivity index is 1.35. The van der Waals surface area contributed by atoms with Gasteiger partial charge in [0.2, 0.25) is 0 Å². The van der Waals surface area contributed by atoms with E-state index in [4.69, 9.17) is 9.72 Å². The number of pyridine rings is 1. The molecule has 2 aromatic heterocycles. The van der Waals surface area contributed by atoms with E-state index >= 15 is 0 Å². The Morgan fingerprint density at radius 3 is 2.64 bits per heavy atom. The largest absolute Gasteiger partial charge is 0.492 e. The molecule has 6 nitrogen and oxygen atoms in total. The molecule has 0 aliphatic heterocycles. The van der Waals surface area contributed by atoms with Crippen LogP contribution in [0.3, 0.4) is 0 Å². The van der Waals surface area contributed by atoms with Crippen LogP contribution in [0.2, 0.25) is 0 Å². The van der Waals surface area contributed by atoms with Crippen molar-refractivity contribution in [2.45, 2.75) is 39.2 Å². The lowest BCUT2D eigenvalue weighted by Gasteiger charge is -2.12. The van der Waals surface area contributed by atoms with Gasteiger partial charge in [0.25, 0.3) is 5.91 Å². The summed E-state index contributed by atoms with van der Waals surface area (Å²) in [6, 6.07) is 20.0. The molecule has 4 aromatic rings. The molecule has 0 saturated carbocycles. The van der Waals surface area contributed by atoms with Gasteiger partial charge in [0, 0.05) is 25.4 Å². The first kappa shape index (κ1) is 22.5. The Hall–Kier alpha value is -3.67. The van der Waals surface area contributed by atoms with Crippen molar-refractivity contribution in [1.29, 1.82) is 0 Å². The van der Waals surface area contributed by atoms with Crippen molar-refractivity contribution in [3.05, 3.63) is 90.0 Å². The number of hydrogen-bond donors (Lipinski definition) is 1. The molecule has 0 aliphatic rings. The van der Waals surface area contributed by atoms with E-state index in [9.17, 15) is 4.79 Å². The quantitative estimate of drug-likeness (QED) is 0.351. The molecule has 2 heterocycles. The molecule has 0 saturated heterocycles. The lowest BCUT2D eigenvalue weighted by Crippen LogP contribution is -2.25. The number of fused-ring (bicyclic) bond motifs is 1. The van der Waals surface area contributed by atoms with Crippen LogP contribution in [0.4, 0.5) is 0 Å². The summed E-state index contributed by atoms with van der Waals surface area (Å²) in [5, 5.41) is 2.96. The first-order chi connectivity index (χ1) is 16.1. The highest BCUT2D eigenvalue weighted by atomic mass is 16.5. The van der Waals surface area contributed by atoms with Crippen molar-refractivity contribution in [1.82, 2.24) is 19.9 Å². The van der Waals surface area contributed by atoms with Crippen molar-refractivity contribution in [3.63, 3.8) is 0 Å². The van der Waals surface area contributed by atoms with Crippen LogP contribution >= 0.6 is 0 Å². The molecule has 6 heteroatoms. The van der Waals surface area contributed by atoms with Crippen LogP contribution in [-0.2, 0) is 13.0 Å². The van der Waals surface area contributed by atoms with Crippen LogP contribution in [0.25, 0.3) is 11.0 Å². The highest BCUT2D eigenvalue weighted by Gasteiger charge is 2.11. The molecule has 0 spiro atoms. The summed E-state index contributed by atoms with van der Waals surface area (Å²) in [4.78, 5) is 21.0. The van der Waals surface area contributed by atoms with E-state index in [1.165, 1.54) is 5.56 Å². The molecule has 0 unspecified atom stereocenters. The number of rotatable bonds is 10. The van der Waals surface area contributed by atoms with Crippen LogP contribution in [0.15, 0.2) is 73.1 Å². The average molecular weight is 443 g/mol. The number of carbonyl (C=O) groups is 1. The van der Waals surface area contributed by atoms with Gasteiger partial charge in [-0.1, -0.05) is 38.1 Å². The summed E-state index contributed by atoms with van der Waals surface area (Å²) >= 11 is 0. The lowest BCUT2D eigenvalue weighted by molar-refractivity contribution is 0.0952. The molecule has 33 heavy (non-hydrogen) atoms. The molecule has 0 radical (unpaired) electrons. The first-order valence-corrected chi connectivity index (χ1v) is 11.5. The number of nitrogens with one attached hydrogen (secondary N) is 1. The van der Waals surface area contributed by atoms with Gasteiger partial charge in [-0.05, 0) is 54.3 Å². The molecule has 1 amide bonds. The van der Waals surface area contributed by atoms with E-state index in [1.807, 2.05) is 30.3 Å². The predicted molar refractivity (Wildman–Crippen MR) is 131 cm³/mol. The summed E-state index contributed by atoms with van der Waals surface area (Å²) in [5.74, 6) is 2.29. The van der Waals surface area contributed by atoms with E-state index < -0.39 is 0 Å². The van der Waals surface area contributed by atoms with Crippen molar-refractivity contribution in [2.24, 2.45) is 0 Å². The molecule has 1 N–H and O–H groups in total. The van der Waals surface area contributed by atoms with Gasteiger partial charge in [0.05, 0.1) is 23.1 Å². The maximum atomic E-state index is 12.2. The Kier molecular flexibility index (Phi) is 7.35. The fourth-order valence-corrected chi connectivity index (χ4v) is 3.82. The molecule has 0 atom stereocenters. The average Bonchev–Trinajstić information content (AvgIpc) is 3.20. The standard InChI is InChI=1S/C27H30N4O2/c1-20(2)21-11-13-23(14-12-21)33-18-17-31-25-9-4-3-8-24(25)30-26(31)10-6-16-29-27(32)22-7-5-15-28-19-22/h3-5,7-9,11-15,19-20H,6,10,16-18H2,1-2H3,(H,29,32). The smallest absolute Gasteiger partial charge is 0.252 e. The fraction of sp³-hybridized carbons (Fsp3) is 0.296. The van der Waals surface area contributed by atoms with E-state index in [0.29, 0.717) is 31.2 Å². The monoisotopic (exact) mass is 442 g/mol. The third-order valence-electron chi connectivity index (χ3n) is 5.65. The molecular formula is C27H30N4O2. The second-order valence-electron chi connectivity index (χ2n) is 8.34. The van der Waals surface area contributed by atoms with Gasteiger partial charge >= 0.3 is 0 Å². The Morgan fingerprint density at radius 2 is 1.88 bits per heavy atom. The number of para-hydroxylation sites is 2. The summed E-state index contributed by atoms with van der Waals surface area (Å²) in [6.07, 6.45) is 4.80. The zero-order valence-electron chi connectivity index (χ0n) is 19.2. The van der Waals surface area contributed by atoms with E-state index in [-0.39, 0.29) is 5.91 Å². The molecule has 0 aliphatic carbocycles. The van der Waals surface area contributed by atoms with Crippen molar-refractivity contribution < 1.29 is 9.53 Å². The molecule has 170 valence electrons. The maximum absolute atomic E-state index is 12.2. The second kappa shape index (κ2) is 10.8. The number of nitrogens with zero attached hydrogens (tertiary/aromatic N) is 3. The van der Waals surface area contributed by atoms with Gasteiger partial charge in [-0.2, -0.15) is 0 Å². The van der Waals surface area contributed by atoms with E-state index in [1.54, 1.807) is 24.5 Å². The van der Waals surface area contributed by atoms with Crippen LogP contribution in [-0.4, -0.2) is 33.6 Å². The maximum Gasteiger partial charge on any atom is 0.252 e. The SMILES string of the molecule is CC(C)c1ccc(OCCn2c(CCCNC(=O)c3cccnc3)nc3ccccc32)cc1. The summed E-state index contributed by atoms with van der Waals surface area (Å²) in [7, 11) is 0. The van der Waals surface area contributed by atoms with Gasteiger partial charge < -0.3 is 14.6 Å². The number of hydrogen-bond acceptors (Lipinski definition) is 4. The number of aryl methyl sites for hydroxylation is 1.